The van der Waals surface area contributed by atoms with Gasteiger partial charge in [0.25, 0.3) is 5.88 Å². The third-order valence-corrected chi connectivity index (χ3v) is 7.26. The number of methoxy groups -OCH3 is 2. The van der Waals surface area contributed by atoms with E-state index >= 15 is 4.48 Å². The van der Waals surface area contributed by atoms with Crippen molar-refractivity contribution in [2.75, 3.05) is 64.0 Å². The van der Waals surface area contributed by atoms with E-state index in [4.69, 9.17) is 9.47 Å². The quantitative estimate of drug-likeness (QED) is 0.287. The molecule has 12 nitrogen and oxygen atoms in total. The average Bonchev–Trinajstić information content (AvgIpc) is 3.59. The van der Waals surface area contributed by atoms with Gasteiger partial charge in [0.05, 0.1) is 43.4 Å². The van der Waals surface area contributed by atoms with Crippen molar-refractivity contribution < 1.29 is 18.7 Å². The molecule has 0 saturated carbocycles. The number of nitrogens with one attached hydrogen (secondary N) is 2. The fourth-order valence-electron chi connectivity index (χ4n) is 4.99. The average molecular weight is 552 g/mol. The highest BCUT2D eigenvalue weighted by atomic mass is 19.2. The Morgan fingerprint density at radius 2 is 2.02 bits per heavy atom. The smallest absolute Gasteiger partial charge is 0.259 e. The molecule has 2 N–H and O–H groups in total. The maximum Gasteiger partial charge on any atom is 0.259 e. The number of aromatic nitrogens is 5. The number of hydrogen-bond donors (Lipinski definition) is 2. The van der Waals surface area contributed by atoms with Crippen molar-refractivity contribution in [1.82, 2.24) is 34.5 Å². The lowest BCUT2D eigenvalue weighted by atomic mass is 10.1. The minimum absolute atomic E-state index is 0.0877. The zero-order chi connectivity index (χ0) is 28.2. The molecular weight excluding hydrogens is 517 g/mol. The van der Waals surface area contributed by atoms with Crippen molar-refractivity contribution in [3.63, 3.8) is 0 Å². The molecule has 0 aliphatic carbocycles. The van der Waals surface area contributed by atoms with Gasteiger partial charge < -0.3 is 19.8 Å². The molecule has 0 bridgehead atoms. The van der Waals surface area contributed by atoms with Crippen molar-refractivity contribution >= 4 is 33.9 Å². The van der Waals surface area contributed by atoms with E-state index in [2.05, 4.69) is 35.2 Å². The summed E-state index contributed by atoms with van der Waals surface area (Å²) in [5.41, 5.74) is 2.65. The van der Waals surface area contributed by atoms with E-state index in [1.807, 2.05) is 25.1 Å². The number of anilines is 3. The molecule has 40 heavy (non-hydrogen) atoms. The Hall–Kier alpha value is -4.07. The summed E-state index contributed by atoms with van der Waals surface area (Å²) in [5.74, 6) is 0.0459. The van der Waals surface area contributed by atoms with Gasteiger partial charge in [0.1, 0.15) is 17.7 Å². The first kappa shape index (κ1) is 27.5. The van der Waals surface area contributed by atoms with Gasteiger partial charge in [-0.05, 0) is 13.0 Å². The minimum atomic E-state index is -0.294. The Bertz CT molecular complexity index is 1460. The molecule has 1 aliphatic rings. The molecule has 13 heteroatoms. The van der Waals surface area contributed by atoms with Gasteiger partial charge in [-0.2, -0.15) is 5.12 Å². The molecule has 0 unspecified atom stereocenters. The maximum atomic E-state index is 15.7. The standard InChI is InChI=1S/C27H34FN9O3/c1-18(36-10-8-35(9-11-36)12-13-39-3)26(38)32-21-7-5-6-19-20(14-30-24(19)21)25-22(15-29-17-31-25)37(28)23-16-34(2)33-27(23)40-4/h5-7,14-18,30H,8-13H2,1-4H3,(H,32,38)/t18-/m1/s1. The molecule has 3 aromatic heterocycles. The molecule has 212 valence electrons. The Kier molecular flexibility index (Phi) is 8.24. The second kappa shape index (κ2) is 12.0. The summed E-state index contributed by atoms with van der Waals surface area (Å²) in [6.07, 6.45) is 6.03. The van der Waals surface area contributed by atoms with Crippen LogP contribution in [-0.4, -0.2) is 100 Å². The lowest BCUT2D eigenvalue weighted by molar-refractivity contribution is -0.121. The summed E-state index contributed by atoms with van der Waals surface area (Å²) in [6, 6.07) is 5.31. The topological polar surface area (TPSA) is 117 Å². The first-order valence-corrected chi connectivity index (χ1v) is 13.1. The predicted molar refractivity (Wildman–Crippen MR) is 150 cm³/mol. The SMILES string of the molecule is COCCN1CCN([C@H](C)C(=O)Nc2cccc3c(-c4ncncc4N(F)c4cn(C)nc4OC)c[nH]c23)CC1. The number of hydrogen-bond acceptors (Lipinski definition) is 9. The molecule has 1 amide bonds. The number of amides is 1. The number of ether oxygens (including phenoxy) is 2. The lowest BCUT2D eigenvalue weighted by Gasteiger charge is -2.37. The summed E-state index contributed by atoms with van der Waals surface area (Å²) in [7, 11) is 4.82. The van der Waals surface area contributed by atoms with E-state index in [9.17, 15) is 4.79 Å². The summed E-state index contributed by atoms with van der Waals surface area (Å²) in [6.45, 7) is 6.95. The minimum Gasteiger partial charge on any atom is -0.478 e. The number of carbonyl (C=O) groups is 1. The lowest BCUT2D eigenvalue weighted by Crippen LogP contribution is -2.53. The van der Waals surface area contributed by atoms with Crippen LogP contribution in [0.25, 0.3) is 22.2 Å². The molecule has 1 aromatic carbocycles. The van der Waals surface area contributed by atoms with Crippen LogP contribution in [0.15, 0.2) is 43.1 Å². The van der Waals surface area contributed by atoms with Crippen molar-refractivity contribution in [2.45, 2.75) is 13.0 Å². The number of nitrogens with zero attached hydrogens (tertiary/aromatic N) is 7. The number of halogens is 1. The molecule has 4 heterocycles. The van der Waals surface area contributed by atoms with E-state index in [1.54, 1.807) is 20.4 Å². The van der Waals surface area contributed by atoms with Gasteiger partial charge in [-0.25, -0.2) is 9.97 Å². The summed E-state index contributed by atoms with van der Waals surface area (Å²) < 4.78 is 27.6. The maximum absolute atomic E-state index is 15.7. The molecule has 5 rings (SSSR count). The normalized spacial score (nSPS) is 15.3. The Labute approximate surface area is 231 Å². The molecule has 1 saturated heterocycles. The van der Waals surface area contributed by atoms with Crippen molar-refractivity contribution in [1.29, 1.82) is 0 Å². The van der Waals surface area contributed by atoms with Crippen LogP contribution < -0.4 is 15.2 Å². The van der Waals surface area contributed by atoms with Gasteiger partial charge in [0, 0.05) is 64.0 Å². The third-order valence-electron chi connectivity index (χ3n) is 7.26. The van der Waals surface area contributed by atoms with Gasteiger partial charge in [-0.1, -0.05) is 16.6 Å². The van der Waals surface area contributed by atoms with Crippen LogP contribution in [0.3, 0.4) is 0 Å². The number of rotatable bonds is 10. The van der Waals surface area contributed by atoms with Gasteiger partial charge in [-0.15, -0.1) is 5.10 Å². The Morgan fingerprint density at radius 1 is 1.23 bits per heavy atom. The van der Waals surface area contributed by atoms with E-state index in [0.717, 1.165) is 43.6 Å². The van der Waals surface area contributed by atoms with Crippen LogP contribution in [0.4, 0.5) is 21.5 Å². The van der Waals surface area contributed by atoms with E-state index in [1.165, 1.54) is 30.5 Å². The highest BCUT2D eigenvalue weighted by Crippen LogP contribution is 2.40. The third kappa shape index (κ3) is 5.48. The monoisotopic (exact) mass is 551 g/mol. The van der Waals surface area contributed by atoms with Crippen LogP contribution in [0.1, 0.15) is 6.92 Å². The van der Waals surface area contributed by atoms with E-state index in [-0.39, 0.29) is 29.2 Å². The molecule has 1 fully saturated rings. The number of para-hydroxylation sites is 1. The number of aryl methyl sites for hydroxylation is 1. The number of benzene rings is 1. The number of H-pyrrole nitrogens is 1. The van der Waals surface area contributed by atoms with Crippen molar-refractivity contribution in [3.05, 3.63) is 43.1 Å². The first-order valence-electron chi connectivity index (χ1n) is 13.1. The predicted octanol–water partition coefficient (Wildman–Crippen LogP) is 2.98. The number of piperazine rings is 1. The zero-order valence-electron chi connectivity index (χ0n) is 23.1. The number of aromatic amines is 1. The van der Waals surface area contributed by atoms with Crippen LogP contribution >= 0.6 is 0 Å². The van der Waals surface area contributed by atoms with Crippen LogP contribution in [0.2, 0.25) is 0 Å². The fourth-order valence-corrected chi connectivity index (χ4v) is 4.99. The van der Waals surface area contributed by atoms with Gasteiger partial charge in [0.15, 0.2) is 5.69 Å². The highest BCUT2D eigenvalue weighted by Gasteiger charge is 2.27. The molecule has 0 spiro atoms. The number of carbonyl (C=O) groups excluding carboxylic acids is 1. The van der Waals surface area contributed by atoms with Crippen LogP contribution in [0.5, 0.6) is 5.88 Å². The van der Waals surface area contributed by atoms with Crippen LogP contribution in [-0.2, 0) is 16.6 Å². The molecular formula is C27H34FN9O3. The Balaban J connectivity index is 1.37. The Morgan fingerprint density at radius 3 is 2.77 bits per heavy atom. The second-order valence-corrected chi connectivity index (χ2v) is 9.70. The van der Waals surface area contributed by atoms with E-state index in [0.29, 0.717) is 28.7 Å². The van der Waals surface area contributed by atoms with Gasteiger partial charge in [-0.3, -0.25) is 19.3 Å². The fraction of sp³-hybridized carbons (Fsp3) is 0.407. The summed E-state index contributed by atoms with van der Waals surface area (Å²) >= 11 is 0. The van der Waals surface area contributed by atoms with Gasteiger partial charge in [0.2, 0.25) is 5.91 Å². The van der Waals surface area contributed by atoms with Gasteiger partial charge >= 0.3 is 0 Å². The highest BCUT2D eigenvalue weighted by molar-refractivity contribution is 6.07. The molecule has 4 aromatic rings. The van der Waals surface area contributed by atoms with E-state index < -0.39 is 0 Å². The van der Waals surface area contributed by atoms with Crippen LogP contribution in [0, 0.1) is 0 Å². The van der Waals surface area contributed by atoms with Crippen molar-refractivity contribution in [2.24, 2.45) is 7.05 Å². The molecule has 1 aliphatic heterocycles. The van der Waals surface area contributed by atoms with Crippen molar-refractivity contribution in [3.8, 4) is 17.1 Å². The molecule has 0 radical (unpaired) electrons. The number of fused-ring (bicyclic) bond motifs is 1. The summed E-state index contributed by atoms with van der Waals surface area (Å²) in [4.78, 5) is 29.5. The second-order valence-electron chi connectivity index (χ2n) is 9.70. The molecule has 1 atom stereocenters. The largest absolute Gasteiger partial charge is 0.478 e. The first-order chi connectivity index (χ1) is 19.4. The zero-order valence-corrected chi connectivity index (χ0v) is 23.1. The summed E-state index contributed by atoms with van der Waals surface area (Å²) in [5, 5.41) is 8.46.